The first-order valence-electron chi connectivity index (χ1n) is 16.5. The fraction of sp³-hybridized carbons (Fsp3) is 0.0222. The molecule has 3 heteroatoms. The highest BCUT2D eigenvalue weighted by molar-refractivity contribution is 6.12. The molecule has 0 aliphatic heterocycles. The molecule has 9 aromatic rings. The van der Waals surface area contributed by atoms with E-state index in [9.17, 15) is 0 Å². The Labute approximate surface area is 277 Å². The fourth-order valence-electron chi connectivity index (χ4n) is 8.75. The quantitative estimate of drug-likeness (QED) is 0.195. The first-order valence-corrected chi connectivity index (χ1v) is 16.5. The van der Waals surface area contributed by atoms with E-state index in [4.69, 9.17) is 9.97 Å². The van der Waals surface area contributed by atoms with Crippen molar-refractivity contribution in [3.63, 3.8) is 0 Å². The summed E-state index contributed by atoms with van der Waals surface area (Å²) in [7, 11) is 0. The normalized spacial score (nSPS) is 13.6. The van der Waals surface area contributed by atoms with E-state index < -0.39 is 5.41 Å². The predicted octanol–water partition coefficient (Wildman–Crippen LogP) is 10.7. The van der Waals surface area contributed by atoms with Gasteiger partial charge in [-0.1, -0.05) is 140 Å². The minimum Gasteiger partial charge on any atom is -0.278 e. The lowest BCUT2D eigenvalue weighted by molar-refractivity contribution is 0.794. The summed E-state index contributed by atoms with van der Waals surface area (Å²) in [4.78, 5) is 10.6. The largest absolute Gasteiger partial charge is 0.278 e. The number of aromatic nitrogens is 3. The number of benzene rings is 7. The lowest BCUT2D eigenvalue weighted by Crippen LogP contribution is -2.25. The number of nitrogens with zero attached hydrogens (tertiary/aromatic N) is 3. The van der Waals surface area contributed by atoms with Crippen LogP contribution in [0.3, 0.4) is 0 Å². The van der Waals surface area contributed by atoms with E-state index in [1.54, 1.807) is 0 Å². The molecule has 1 spiro atoms. The second-order valence-electron chi connectivity index (χ2n) is 12.9. The maximum atomic E-state index is 5.36. The number of hydrogen-bond donors (Lipinski definition) is 0. The van der Waals surface area contributed by atoms with Gasteiger partial charge in [0.2, 0.25) is 5.95 Å². The van der Waals surface area contributed by atoms with Crippen molar-refractivity contribution in [3.05, 3.63) is 186 Å². The topological polar surface area (TPSA) is 30.7 Å². The predicted molar refractivity (Wildman–Crippen MR) is 196 cm³/mol. The van der Waals surface area contributed by atoms with Gasteiger partial charge in [0.05, 0.1) is 27.7 Å². The summed E-state index contributed by atoms with van der Waals surface area (Å²) < 4.78 is 2.28. The van der Waals surface area contributed by atoms with Gasteiger partial charge in [0.1, 0.15) is 0 Å². The Morgan fingerprint density at radius 2 is 0.958 bits per heavy atom. The molecule has 0 atom stereocenters. The molecule has 0 unspecified atom stereocenters. The van der Waals surface area contributed by atoms with Crippen LogP contribution in [0.2, 0.25) is 0 Å². The van der Waals surface area contributed by atoms with Gasteiger partial charge in [0.25, 0.3) is 0 Å². The maximum absolute atomic E-state index is 5.36. The van der Waals surface area contributed by atoms with E-state index >= 15 is 0 Å². The van der Waals surface area contributed by atoms with E-state index in [1.807, 2.05) is 0 Å². The summed E-state index contributed by atoms with van der Waals surface area (Å²) in [5.41, 5.74) is 15.3. The third-order valence-corrected chi connectivity index (χ3v) is 10.6. The van der Waals surface area contributed by atoms with Crippen molar-refractivity contribution in [3.8, 4) is 39.5 Å². The molecule has 0 saturated heterocycles. The minimum absolute atomic E-state index is 0.423. The Bertz CT molecular complexity index is 2740. The maximum Gasteiger partial charge on any atom is 0.235 e. The van der Waals surface area contributed by atoms with Crippen LogP contribution in [0.4, 0.5) is 0 Å². The van der Waals surface area contributed by atoms with Crippen LogP contribution in [-0.2, 0) is 5.41 Å². The van der Waals surface area contributed by atoms with Gasteiger partial charge in [-0.25, -0.2) is 9.97 Å². The Balaban J connectivity index is 1.29. The van der Waals surface area contributed by atoms with Crippen LogP contribution >= 0.6 is 0 Å². The summed E-state index contributed by atoms with van der Waals surface area (Å²) in [5, 5.41) is 3.44. The molecule has 0 fully saturated rings. The summed E-state index contributed by atoms with van der Waals surface area (Å²) in [5.74, 6) is 0.676. The molecule has 0 N–H and O–H groups in total. The Hall–Kier alpha value is -6.32. The van der Waals surface area contributed by atoms with Gasteiger partial charge in [-0.15, -0.1) is 0 Å². The number of hydrogen-bond acceptors (Lipinski definition) is 2. The first kappa shape index (κ1) is 25.8. The van der Waals surface area contributed by atoms with Gasteiger partial charge in [0, 0.05) is 21.7 Å². The Morgan fingerprint density at radius 1 is 0.396 bits per heavy atom. The van der Waals surface area contributed by atoms with E-state index in [0.717, 1.165) is 33.2 Å². The molecule has 2 aliphatic carbocycles. The molecule has 48 heavy (non-hydrogen) atoms. The van der Waals surface area contributed by atoms with Gasteiger partial charge in [-0.05, 0) is 68.8 Å². The highest BCUT2D eigenvalue weighted by atomic mass is 15.2. The highest BCUT2D eigenvalue weighted by Crippen LogP contribution is 2.63. The van der Waals surface area contributed by atoms with Crippen molar-refractivity contribution in [1.82, 2.24) is 14.5 Å². The van der Waals surface area contributed by atoms with Crippen molar-refractivity contribution in [2.45, 2.75) is 5.41 Å². The summed E-state index contributed by atoms with van der Waals surface area (Å²) >= 11 is 0. The molecule has 11 rings (SSSR count). The fourth-order valence-corrected chi connectivity index (χ4v) is 8.75. The van der Waals surface area contributed by atoms with Crippen LogP contribution in [0, 0.1) is 0 Å². The molecule has 0 amide bonds. The van der Waals surface area contributed by atoms with Crippen molar-refractivity contribution >= 4 is 32.7 Å². The molecule has 7 aromatic carbocycles. The van der Waals surface area contributed by atoms with Crippen LogP contribution in [0.1, 0.15) is 22.3 Å². The molecule has 0 radical (unpaired) electrons. The second kappa shape index (κ2) is 9.37. The Morgan fingerprint density at radius 3 is 1.67 bits per heavy atom. The van der Waals surface area contributed by atoms with Gasteiger partial charge in [-0.2, -0.15) is 0 Å². The lowest BCUT2D eigenvalue weighted by Gasteiger charge is -2.30. The molecule has 2 aromatic heterocycles. The third-order valence-electron chi connectivity index (χ3n) is 10.6. The highest BCUT2D eigenvalue weighted by Gasteiger charge is 2.51. The van der Waals surface area contributed by atoms with Gasteiger partial charge >= 0.3 is 0 Å². The molecule has 0 bridgehead atoms. The molecule has 0 saturated carbocycles. The smallest absolute Gasteiger partial charge is 0.235 e. The molecule has 2 aliphatic rings. The molecule has 2 heterocycles. The van der Waals surface area contributed by atoms with E-state index in [1.165, 1.54) is 55.3 Å². The summed E-state index contributed by atoms with van der Waals surface area (Å²) in [6.45, 7) is 0. The SMILES string of the molecule is c1ccc(-c2nc(-n3c4ccccc4c4cc5c(cc43)C3(c4ccccc4-c4ccccc43)c3ccccc3-5)nc3ccccc23)cc1. The number of rotatable bonds is 2. The van der Waals surface area contributed by atoms with Crippen LogP contribution in [0.15, 0.2) is 164 Å². The van der Waals surface area contributed by atoms with E-state index in [2.05, 4.69) is 168 Å². The average molecular weight is 610 g/mol. The third kappa shape index (κ3) is 3.18. The summed E-state index contributed by atoms with van der Waals surface area (Å²) in [6, 6.07) is 59.3. The van der Waals surface area contributed by atoms with E-state index in [0.29, 0.717) is 5.95 Å². The van der Waals surface area contributed by atoms with Gasteiger partial charge in [0.15, 0.2) is 0 Å². The molecular formula is C45H27N3. The zero-order valence-electron chi connectivity index (χ0n) is 25.9. The van der Waals surface area contributed by atoms with Gasteiger partial charge in [-0.3, -0.25) is 4.57 Å². The van der Waals surface area contributed by atoms with Crippen molar-refractivity contribution in [1.29, 1.82) is 0 Å². The molecular weight excluding hydrogens is 583 g/mol. The lowest BCUT2D eigenvalue weighted by atomic mass is 9.70. The van der Waals surface area contributed by atoms with Crippen LogP contribution in [-0.4, -0.2) is 14.5 Å². The van der Waals surface area contributed by atoms with Crippen molar-refractivity contribution in [2.75, 3.05) is 0 Å². The van der Waals surface area contributed by atoms with E-state index in [-0.39, 0.29) is 0 Å². The zero-order chi connectivity index (χ0) is 31.4. The monoisotopic (exact) mass is 609 g/mol. The standard InChI is InChI=1S/C45H27N3/c1-2-14-28(15-3-1)43-33-20-7-12-24-40(33)46-44(47-43)48-41-25-13-8-19-32(41)35-26-34-31-18-6-11-23-38(31)45(39(34)27-42(35)48)36-21-9-4-16-29(36)30-17-5-10-22-37(30)45/h1-27H. The zero-order valence-corrected chi connectivity index (χ0v) is 25.9. The first-order chi connectivity index (χ1) is 23.8. The Kier molecular flexibility index (Phi) is 5.04. The van der Waals surface area contributed by atoms with Crippen molar-refractivity contribution < 1.29 is 0 Å². The second-order valence-corrected chi connectivity index (χ2v) is 12.9. The van der Waals surface area contributed by atoms with Crippen LogP contribution in [0.5, 0.6) is 0 Å². The molecule has 222 valence electrons. The van der Waals surface area contributed by atoms with Crippen LogP contribution in [0.25, 0.3) is 72.2 Å². The minimum atomic E-state index is -0.423. The van der Waals surface area contributed by atoms with Gasteiger partial charge < -0.3 is 0 Å². The number of fused-ring (bicyclic) bond motifs is 14. The summed E-state index contributed by atoms with van der Waals surface area (Å²) in [6.07, 6.45) is 0. The van der Waals surface area contributed by atoms with Crippen molar-refractivity contribution in [2.24, 2.45) is 0 Å². The average Bonchev–Trinajstić information content (AvgIpc) is 3.75. The number of para-hydroxylation sites is 2. The van der Waals surface area contributed by atoms with Crippen LogP contribution < -0.4 is 0 Å². The molecule has 3 nitrogen and oxygen atoms in total.